The summed E-state index contributed by atoms with van der Waals surface area (Å²) in [5, 5.41) is 12.9. The maximum Gasteiger partial charge on any atom is 0.249 e. The Hall–Kier alpha value is -2.38. The maximum absolute atomic E-state index is 13.5. The second-order valence-corrected chi connectivity index (χ2v) is 4.29. The van der Waals surface area contributed by atoms with Gasteiger partial charge in [0.05, 0.1) is 11.9 Å². The maximum atomic E-state index is 13.5. The van der Waals surface area contributed by atoms with Gasteiger partial charge in [-0.2, -0.15) is 10.1 Å². The number of benzene rings is 1. The Morgan fingerprint density at radius 1 is 1.14 bits per heavy atom. The molecule has 5 nitrogen and oxygen atoms in total. The van der Waals surface area contributed by atoms with Gasteiger partial charge in [-0.3, -0.25) is 0 Å². The number of unbranched alkanes of at least 4 members (excludes halogenated alkanes) is 1. The predicted octanol–water partition coefficient (Wildman–Crippen LogP) is 3.24. The van der Waals surface area contributed by atoms with E-state index in [2.05, 4.69) is 32.7 Å². The van der Waals surface area contributed by atoms with E-state index in [1.807, 2.05) is 0 Å². The minimum atomic E-state index is -1.55. The molecule has 0 unspecified atom stereocenters. The van der Waals surface area contributed by atoms with E-state index in [4.69, 9.17) is 0 Å². The predicted molar refractivity (Wildman–Crippen MR) is 72.8 cm³/mol. The topological polar surface area (TPSA) is 62.7 Å². The highest BCUT2D eigenvalue weighted by atomic mass is 19.2. The van der Waals surface area contributed by atoms with Crippen LogP contribution in [0.3, 0.4) is 0 Å². The number of rotatable bonds is 6. The lowest BCUT2D eigenvalue weighted by Crippen LogP contribution is -2.07. The van der Waals surface area contributed by atoms with Gasteiger partial charge in [-0.15, -0.1) is 5.10 Å². The number of hydrogen-bond donors (Lipinski definition) is 2. The van der Waals surface area contributed by atoms with E-state index < -0.39 is 17.5 Å². The molecule has 2 N–H and O–H groups in total. The first-order valence-electron chi connectivity index (χ1n) is 6.46. The first-order valence-corrected chi connectivity index (χ1v) is 6.46. The van der Waals surface area contributed by atoms with Crippen molar-refractivity contribution in [3.63, 3.8) is 0 Å². The van der Waals surface area contributed by atoms with Gasteiger partial charge in [-0.25, -0.2) is 13.2 Å². The molecule has 2 rings (SSSR count). The van der Waals surface area contributed by atoms with E-state index >= 15 is 0 Å². The van der Waals surface area contributed by atoms with Crippen molar-refractivity contribution < 1.29 is 13.2 Å². The molecule has 0 atom stereocenters. The van der Waals surface area contributed by atoms with Gasteiger partial charge in [-0.05, 0) is 18.6 Å². The van der Waals surface area contributed by atoms with Crippen molar-refractivity contribution in [3.05, 3.63) is 35.8 Å². The van der Waals surface area contributed by atoms with E-state index in [0.29, 0.717) is 12.4 Å². The summed E-state index contributed by atoms with van der Waals surface area (Å²) in [4.78, 5) is 4.05. The number of halogens is 3. The molecule has 0 aliphatic rings. The Morgan fingerprint density at radius 3 is 2.71 bits per heavy atom. The molecule has 0 radical (unpaired) electrons. The van der Waals surface area contributed by atoms with Crippen LogP contribution in [0.4, 0.5) is 30.6 Å². The summed E-state index contributed by atoms with van der Waals surface area (Å²) in [5.41, 5.74) is -0.263. The van der Waals surface area contributed by atoms with Crippen molar-refractivity contribution in [1.82, 2.24) is 15.2 Å². The zero-order valence-electron chi connectivity index (χ0n) is 11.3. The van der Waals surface area contributed by atoms with Crippen molar-refractivity contribution in [3.8, 4) is 0 Å². The van der Waals surface area contributed by atoms with Crippen LogP contribution in [0.5, 0.6) is 0 Å². The first-order chi connectivity index (χ1) is 10.1. The highest BCUT2D eigenvalue weighted by Crippen LogP contribution is 2.22. The lowest BCUT2D eigenvalue weighted by atomic mass is 10.3. The molecule has 1 aromatic heterocycles. The van der Waals surface area contributed by atoms with Gasteiger partial charge < -0.3 is 10.6 Å². The van der Waals surface area contributed by atoms with Crippen LogP contribution in [0.25, 0.3) is 0 Å². The van der Waals surface area contributed by atoms with Crippen LogP contribution < -0.4 is 10.6 Å². The van der Waals surface area contributed by atoms with E-state index in [0.717, 1.165) is 25.0 Å². The molecule has 112 valence electrons. The fourth-order valence-corrected chi connectivity index (χ4v) is 1.58. The Kier molecular flexibility index (Phi) is 4.91. The summed E-state index contributed by atoms with van der Waals surface area (Å²) in [5.74, 6) is -3.69. The average molecular weight is 297 g/mol. The third-order valence-corrected chi connectivity index (χ3v) is 2.68. The third-order valence-electron chi connectivity index (χ3n) is 2.68. The van der Waals surface area contributed by atoms with Crippen molar-refractivity contribution in [2.45, 2.75) is 19.8 Å². The molecule has 21 heavy (non-hydrogen) atoms. The fourth-order valence-electron chi connectivity index (χ4n) is 1.58. The summed E-state index contributed by atoms with van der Waals surface area (Å²) in [6.45, 7) is 2.77. The summed E-state index contributed by atoms with van der Waals surface area (Å²) >= 11 is 0. The second-order valence-electron chi connectivity index (χ2n) is 4.29. The highest BCUT2D eigenvalue weighted by molar-refractivity contribution is 5.55. The summed E-state index contributed by atoms with van der Waals surface area (Å²) in [6.07, 6.45) is 3.41. The van der Waals surface area contributed by atoms with Gasteiger partial charge in [0.2, 0.25) is 5.95 Å². The second kappa shape index (κ2) is 6.87. The molecule has 0 saturated carbocycles. The van der Waals surface area contributed by atoms with E-state index in [-0.39, 0.29) is 11.6 Å². The monoisotopic (exact) mass is 297 g/mol. The normalized spacial score (nSPS) is 10.5. The Bertz CT molecular complexity index is 621. The third kappa shape index (κ3) is 3.80. The molecule has 8 heteroatoms. The molecule has 0 amide bonds. The molecular formula is C13H14F3N5. The zero-order chi connectivity index (χ0) is 15.2. The van der Waals surface area contributed by atoms with Crippen molar-refractivity contribution >= 4 is 17.5 Å². The smallest absolute Gasteiger partial charge is 0.249 e. The lowest BCUT2D eigenvalue weighted by Gasteiger charge is -2.08. The van der Waals surface area contributed by atoms with Gasteiger partial charge in [-0.1, -0.05) is 13.3 Å². The van der Waals surface area contributed by atoms with Crippen LogP contribution in [0.15, 0.2) is 18.3 Å². The van der Waals surface area contributed by atoms with Crippen LogP contribution in [0.1, 0.15) is 19.8 Å². The van der Waals surface area contributed by atoms with Crippen molar-refractivity contribution in [2.24, 2.45) is 0 Å². The van der Waals surface area contributed by atoms with Crippen LogP contribution in [-0.4, -0.2) is 21.7 Å². The van der Waals surface area contributed by atoms with Crippen LogP contribution in [0, 0.1) is 17.5 Å². The molecule has 2 aromatic rings. The van der Waals surface area contributed by atoms with Crippen LogP contribution in [0.2, 0.25) is 0 Å². The number of nitrogens with one attached hydrogen (secondary N) is 2. The standard InChI is InChI=1S/C13H14F3N5/c1-2-3-6-17-10-7-18-21-13(20-10)19-9-5-4-8(14)11(15)12(9)16/h4-5,7H,2-3,6H2,1H3,(H2,17,19,20,21). The molecule has 0 saturated heterocycles. The molecule has 0 aliphatic carbocycles. The first kappa shape index (κ1) is 15.0. The molecule has 0 spiro atoms. The SMILES string of the molecule is CCCCNc1cnnc(Nc2ccc(F)c(F)c2F)n1. The van der Waals surface area contributed by atoms with Gasteiger partial charge >= 0.3 is 0 Å². The van der Waals surface area contributed by atoms with Crippen molar-refractivity contribution in [2.75, 3.05) is 17.2 Å². The van der Waals surface area contributed by atoms with Gasteiger partial charge in [0, 0.05) is 6.54 Å². The zero-order valence-corrected chi connectivity index (χ0v) is 11.3. The summed E-state index contributed by atoms with van der Waals surface area (Å²) in [6, 6.07) is 1.88. The largest absolute Gasteiger partial charge is 0.369 e. The van der Waals surface area contributed by atoms with E-state index in [1.165, 1.54) is 6.20 Å². The summed E-state index contributed by atoms with van der Waals surface area (Å²) in [7, 11) is 0. The van der Waals surface area contributed by atoms with Crippen LogP contribution >= 0.6 is 0 Å². The molecule has 0 aliphatic heterocycles. The lowest BCUT2D eigenvalue weighted by molar-refractivity contribution is 0.449. The van der Waals surface area contributed by atoms with E-state index in [1.54, 1.807) is 0 Å². The number of anilines is 3. The average Bonchev–Trinajstić information content (AvgIpc) is 2.49. The fraction of sp³-hybridized carbons (Fsp3) is 0.308. The number of aromatic nitrogens is 3. The Labute approximate surface area is 119 Å². The minimum absolute atomic E-state index is 0.0126. The quantitative estimate of drug-likeness (QED) is 0.633. The summed E-state index contributed by atoms with van der Waals surface area (Å²) < 4.78 is 39.5. The van der Waals surface area contributed by atoms with E-state index in [9.17, 15) is 13.2 Å². The Balaban J connectivity index is 2.13. The molecule has 0 fully saturated rings. The van der Waals surface area contributed by atoms with Gasteiger partial charge in [0.1, 0.15) is 0 Å². The van der Waals surface area contributed by atoms with Crippen molar-refractivity contribution in [1.29, 1.82) is 0 Å². The number of nitrogens with zero attached hydrogens (tertiary/aromatic N) is 3. The van der Waals surface area contributed by atoms with Crippen LogP contribution in [-0.2, 0) is 0 Å². The molecule has 0 bridgehead atoms. The van der Waals surface area contributed by atoms with Gasteiger partial charge in [0.15, 0.2) is 23.3 Å². The molecular weight excluding hydrogens is 283 g/mol. The van der Waals surface area contributed by atoms with Gasteiger partial charge in [0.25, 0.3) is 0 Å². The molecule has 1 aromatic carbocycles. The Morgan fingerprint density at radius 2 is 1.95 bits per heavy atom. The molecule has 1 heterocycles. The highest BCUT2D eigenvalue weighted by Gasteiger charge is 2.14. The minimum Gasteiger partial charge on any atom is -0.369 e. The number of hydrogen-bond acceptors (Lipinski definition) is 5.